The lowest BCUT2D eigenvalue weighted by molar-refractivity contribution is 0.0951. The average molecular weight is 267 g/mol. The van der Waals surface area contributed by atoms with Gasteiger partial charge in [0.05, 0.1) is 5.69 Å². The molecule has 0 aromatic heterocycles. The summed E-state index contributed by atoms with van der Waals surface area (Å²) in [5, 5.41) is 2.77. The molecule has 1 rings (SSSR count). The first-order valence-corrected chi connectivity index (χ1v) is 6.45. The molecule has 1 amide bonds. The van der Waals surface area contributed by atoms with Gasteiger partial charge in [-0.05, 0) is 52.1 Å². The Morgan fingerprint density at radius 1 is 1.47 bits per heavy atom. The van der Waals surface area contributed by atoms with Crippen molar-refractivity contribution in [3.63, 3.8) is 0 Å². The van der Waals surface area contributed by atoms with Crippen molar-refractivity contribution in [2.75, 3.05) is 25.9 Å². The Bertz CT molecular complexity index is 435. The normalized spacial score (nSPS) is 11.1. The van der Waals surface area contributed by atoms with Gasteiger partial charge in [-0.15, -0.1) is 0 Å². The topological polar surface area (TPSA) is 58.4 Å². The number of nitrogens with two attached hydrogens (primary N) is 1. The van der Waals surface area contributed by atoms with Gasteiger partial charge in [-0.3, -0.25) is 4.79 Å². The predicted octanol–water partition coefficient (Wildman–Crippen LogP) is 1.87. The molecule has 0 radical (unpaired) electrons. The standard InChI is InChI=1S/C14H22FN3O/c1-10(2)18(3)8-4-7-17-14(19)11-5-6-13(16)12(15)9-11/h5-6,9-10H,4,7-8,16H2,1-3H3,(H,17,19). The van der Waals surface area contributed by atoms with Crippen LogP contribution in [0.1, 0.15) is 30.6 Å². The number of benzene rings is 1. The number of hydrogen-bond acceptors (Lipinski definition) is 3. The largest absolute Gasteiger partial charge is 0.396 e. The number of hydrogen-bond donors (Lipinski definition) is 2. The average Bonchev–Trinajstić information content (AvgIpc) is 2.37. The SMILES string of the molecule is CC(C)N(C)CCCNC(=O)c1ccc(N)c(F)c1. The maximum Gasteiger partial charge on any atom is 0.251 e. The predicted molar refractivity (Wildman–Crippen MR) is 75.5 cm³/mol. The summed E-state index contributed by atoms with van der Waals surface area (Å²) in [7, 11) is 2.04. The van der Waals surface area contributed by atoms with Crippen LogP contribution in [0.25, 0.3) is 0 Å². The smallest absolute Gasteiger partial charge is 0.251 e. The van der Waals surface area contributed by atoms with Gasteiger partial charge in [0, 0.05) is 18.2 Å². The molecule has 0 aliphatic heterocycles. The quantitative estimate of drug-likeness (QED) is 0.611. The summed E-state index contributed by atoms with van der Waals surface area (Å²) in [6, 6.07) is 4.57. The molecule has 0 saturated heterocycles. The Morgan fingerprint density at radius 2 is 2.16 bits per heavy atom. The fourth-order valence-electron chi connectivity index (χ4n) is 1.56. The van der Waals surface area contributed by atoms with Crippen LogP contribution in [0.5, 0.6) is 0 Å². The molecule has 0 aliphatic rings. The van der Waals surface area contributed by atoms with E-state index in [1.807, 2.05) is 7.05 Å². The van der Waals surface area contributed by atoms with Crippen LogP contribution in [0.2, 0.25) is 0 Å². The minimum Gasteiger partial charge on any atom is -0.396 e. The number of nitrogen functional groups attached to an aromatic ring is 1. The first-order valence-electron chi connectivity index (χ1n) is 6.45. The zero-order chi connectivity index (χ0) is 14.4. The number of nitrogens with zero attached hydrogens (tertiary/aromatic N) is 1. The van der Waals surface area contributed by atoms with Crippen molar-refractivity contribution in [3.8, 4) is 0 Å². The molecule has 0 heterocycles. The van der Waals surface area contributed by atoms with E-state index in [4.69, 9.17) is 5.73 Å². The monoisotopic (exact) mass is 267 g/mol. The van der Waals surface area contributed by atoms with Gasteiger partial charge in [-0.2, -0.15) is 0 Å². The van der Waals surface area contributed by atoms with E-state index in [9.17, 15) is 9.18 Å². The number of carbonyl (C=O) groups is 1. The Labute approximate surface area is 113 Å². The van der Waals surface area contributed by atoms with Crippen LogP contribution in [0, 0.1) is 5.82 Å². The summed E-state index contributed by atoms with van der Waals surface area (Å²) in [6.07, 6.45) is 0.859. The number of anilines is 1. The maximum absolute atomic E-state index is 13.2. The molecule has 1 aromatic rings. The van der Waals surface area contributed by atoms with E-state index < -0.39 is 5.82 Å². The molecule has 0 spiro atoms. The minimum atomic E-state index is -0.563. The van der Waals surface area contributed by atoms with E-state index in [2.05, 4.69) is 24.1 Å². The minimum absolute atomic E-state index is 0.0510. The second-order valence-corrected chi connectivity index (χ2v) is 4.92. The first-order chi connectivity index (χ1) is 8.91. The van der Waals surface area contributed by atoms with Gasteiger partial charge in [0.25, 0.3) is 5.91 Å². The Morgan fingerprint density at radius 3 is 2.74 bits per heavy atom. The summed E-state index contributed by atoms with van der Waals surface area (Å²) in [6.45, 7) is 5.72. The van der Waals surface area contributed by atoms with Crippen molar-refractivity contribution in [2.24, 2.45) is 0 Å². The molecule has 5 heteroatoms. The first kappa shape index (κ1) is 15.4. The fraction of sp³-hybridized carbons (Fsp3) is 0.500. The lowest BCUT2D eigenvalue weighted by Gasteiger charge is -2.20. The summed E-state index contributed by atoms with van der Waals surface area (Å²) in [4.78, 5) is 14.0. The Kier molecular flexibility index (Phi) is 5.76. The van der Waals surface area contributed by atoms with Crippen molar-refractivity contribution in [2.45, 2.75) is 26.3 Å². The third-order valence-electron chi connectivity index (χ3n) is 3.12. The molecule has 0 fully saturated rings. The summed E-state index contributed by atoms with van der Waals surface area (Å²) >= 11 is 0. The van der Waals surface area contributed by atoms with E-state index in [1.165, 1.54) is 12.1 Å². The maximum atomic E-state index is 13.2. The fourth-order valence-corrected chi connectivity index (χ4v) is 1.56. The van der Waals surface area contributed by atoms with Crippen LogP contribution in [0.3, 0.4) is 0 Å². The Hall–Kier alpha value is -1.62. The van der Waals surface area contributed by atoms with Crippen LogP contribution >= 0.6 is 0 Å². The zero-order valence-electron chi connectivity index (χ0n) is 11.7. The van der Waals surface area contributed by atoms with E-state index >= 15 is 0 Å². The zero-order valence-corrected chi connectivity index (χ0v) is 11.7. The lowest BCUT2D eigenvalue weighted by atomic mass is 10.2. The third-order valence-corrected chi connectivity index (χ3v) is 3.12. The van der Waals surface area contributed by atoms with Crippen LogP contribution in [-0.4, -0.2) is 37.0 Å². The van der Waals surface area contributed by atoms with Gasteiger partial charge in [-0.1, -0.05) is 0 Å². The van der Waals surface area contributed by atoms with E-state index in [-0.39, 0.29) is 11.6 Å². The number of amides is 1. The molecule has 4 nitrogen and oxygen atoms in total. The van der Waals surface area contributed by atoms with Crippen molar-refractivity contribution < 1.29 is 9.18 Å². The highest BCUT2D eigenvalue weighted by atomic mass is 19.1. The van der Waals surface area contributed by atoms with Gasteiger partial charge in [-0.25, -0.2) is 4.39 Å². The van der Waals surface area contributed by atoms with Gasteiger partial charge in [0.1, 0.15) is 5.82 Å². The van der Waals surface area contributed by atoms with Crippen molar-refractivity contribution >= 4 is 11.6 Å². The molecule has 0 atom stereocenters. The summed E-state index contributed by atoms with van der Waals surface area (Å²) in [5.74, 6) is -0.835. The number of rotatable bonds is 6. The third kappa shape index (κ3) is 4.87. The molecule has 0 saturated carbocycles. The van der Waals surface area contributed by atoms with Crippen molar-refractivity contribution in [3.05, 3.63) is 29.6 Å². The lowest BCUT2D eigenvalue weighted by Crippen LogP contribution is -2.31. The van der Waals surface area contributed by atoms with Crippen molar-refractivity contribution in [1.29, 1.82) is 0 Å². The van der Waals surface area contributed by atoms with Gasteiger partial charge in [0.2, 0.25) is 0 Å². The van der Waals surface area contributed by atoms with E-state index in [0.29, 0.717) is 18.2 Å². The summed E-state index contributed by atoms with van der Waals surface area (Å²) < 4.78 is 13.2. The Balaban J connectivity index is 2.37. The molecule has 3 N–H and O–H groups in total. The molecule has 0 unspecified atom stereocenters. The van der Waals surface area contributed by atoms with Gasteiger partial charge in [0.15, 0.2) is 0 Å². The molecule has 0 bridgehead atoms. The van der Waals surface area contributed by atoms with Gasteiger partial charge < -0.3 is 16.0 Å². The highest BCUT2D eigenvalue weighted by Gasteiger charge is 2.08. The number of nitrogens with one attached hydrogen (secondary N) is 1. The second kappa shape index (κ2) is 7.09. The van der Waals surface area contributed by atoms with Crippen LogP contribution in [-0.2, 0) is 0 Å². The summed E-state index contributed by atoms with van der Waals surface area (Å²) in [5.41, 5.74) is 5.71. The van der Waals surface area contributed by atoms with Crippen LogP contribution in [0.4, 0.5) is 10.1 Å². The second-order valence-electron chi connectivity index (χ2n) is 4.92. The number of carbonyl (C=O) groups excluding carboxylic acids is 1. The number of halogens is 1. The molecular weight excluding hydrogens is 245 g/mol. The van der Waals surface area contributed by atoms with Crippen LogP contribution < -0.4 is 11.1 Å². The molecular formula is C14H22FN3O. The van der Waals surface area contributed by atoms with Gasteiger partial charge >= 0.3 is 0 Å². The molecule has 19 heavy (non-hydrogen) atoms. The van der Waals surface area contributed by atoms with Crippen molar-refractivity contribution in [1.82, 2.24) is 10.2 Å². The van der Waals surface area contributed by atoms with E-state index in [0.717, 1.165) is 19.0 Å². The van der Waals surface area contributed by atoms with Crippen LogP contribution in [0.15, 0.2) is 18.2 Å². The molecule has 0 aliphatic carbocycles. The van der Waals surface area contributed by atoms with E-state index in [1.54, 1.807) is 0 Å². The molecule has 1 aromatic carbocycles. The highest BCUT2D eigenvalue weighted by Crippen LogP contribution is 2.11. The highest BCUT2D eigenvalue weighted by molar-refractivity contribution is 5.94. The molecule has 106 valence electrons.